The molecule has 0 aliphatic carbocycles. The van der Waals surface area contributed by atoms with Gasteiger partial charge in [-0.25, -0.2) is 9.97 Å². The van der Waals surface area contributed by atoms with Crippen LogP contribution in [0.15, 0.2) is 18.5 Å². The van der Waals surface area contributed by atoms with Crippen LogP contribution in [0.25, 0.3) is 11.3 Å². The molecule has 10 heteroatoms. The van der Waals surface area contributed by atoms with E-state index in [1.165, 1.54) is 12.3 Å². The van der Waals surface area contributed by atoms with E-state index < -0.39 is 17.6 Å². The van der Waals surface area contributed by atoms with Crippen molar-refractivity contribution in [1.82, 2.24) is 20.3 Å². The van der Waals surface area contributed by atoms with Crippen LogP contribution in [0.2, 0.25) is 0 Å². The molecule has 1 saturated heterocycles. The fourth-order valence-corrected chi connectivity index (χ4v) is 2.71. The number of amides is 1. The standard InChI is InChI=1S/C15H17F3N6O/c16-15(17,18)10-7-22-14(23-9-2-1-3-20-6-9)24-12(10)8-4-11(13(19)25)21-5-8/h4-5,7,9,20-21H,1-3,6H2,(H2,19,25)(H,22,23,24). The molecule has 0 bridgehead atoms. The molecule has 0 radical (unpaired) electrons. The summed E-state index contributed by atoms with van der Waals surface area (Å²) in [4.78, 5) is 21.6. The molecule has 134 valence electrons. The van der Waals surface area contributed by atoms with Crippen LogP contribution < -0.4 is 16.4 Å². The molecule has 0 saturated carbocycles. The zero-order chi connectivity index (χ0) is 18.0. The van der Waals surface area contributed by atoms with Crippen LogP contribution in [0.3, 0.4) is 0 Å². The summed E-state index contributed by atoms with van der Waals surface area (Å²) in [5, 5.41) is 6.24. The monoisotopic (exact) mass is 354 g/mol. The Labute approximate surface area is 141 Å². The zero-order valence-electron chi connectivity index (χ0n) is 13.2. The van der Waals surface area contributed by atoms with Gasteiger partial charge < -0.3 is 21.4 Å². The zero-order valence-corrected chi connectivity index (χ0v) is 13.2. The number of carbonyl (C=O) groups excluding carboxylic acids is 1. The highest BCUT2D eigenvalue weighted by Crippen LogP contribution is 2.36. The van der Waals surface area contributed by atoms with Gasteiger partial charge in [0.2, 0.25) is 5.95 Å². The lowest BCUT2D eigenvalue weighted by Crippen LogP contribution is -2.38. The maximum Gasteiger partial charge on any atom is 0.419 e. The van der Waals surface area contributed by atoms with Gasteiger partial charge in [0, 0.05) is 30.5 Å². The van der Waals surface area contributed by atoms with Gasteiger partial charge in [-0.15, -0.1) is 0 Å². The van der Waals surface area contributed by atoms with Gasteiger partial charge in [0.25, 0.3) is 5.91 Å². The highest BCUT2D eigenvalue weighted by atomic mass is 19.4. The first-order valence-corrected chi connectivity index (χ1v) is 7.74. The highest BCUT2D eigenvalue weighted by molar-refractivity contribution is 5.92. The SMILES string of the molecule is NC(=O)c1cc(-c2nc(NC3CCCNC3)ncc2C(F)(F)F)c[nH]1. The Morgan fingerprint density at radius 3 is 2.80 bits per heavy atom. The fraction of sp³-hybridized carbons (Fsp3) is 0.400. The molecule has 7 nitrogen and oxygen atoms in total. The minimum absolute atomic E-state index is 0.00715. The third-order valence-corrected chi connectivity index (χ3v) is 3.95. The smallest absolute Gasteiger partial charge is 0.364 e. The summed E-state index contributed by atoms with van der Waals surface area (Å²) in [5.74, 6) is -0.654. The average molecular weight is 354 g/mol. The molecule has 2 aromatic heterocycles. The number of aromatic nitrogens is 3. The van der Waals surface area contributed by atoms with E-state index in [1.807, 2.05) is 0 Å². The summed E-state index contributed by atoms with van der Waals surface area (Å²) in [6.07, 6.45) is -0.764. The second-order valence-electron chi connectivity index (χ2n) is 5.81. The number of hydrogen-bond acceptors (Lipinski definition) is 5. The van der Waals surface area contributed by atoms with Crippen LogP contribution >= 0.6 is 0 Å². The Bertz CT molecular complexity index is 767. The van der Waals surface area contributed by atoms with E-state index in [9.17, 15) is 18.0 Å². The van der Waals surface area contributed by atoms with Crippen molar-refractivity contribution >= 4 is 11.9 Å². The molecule has 1 aliphatic rings. The number of aromatic amines is 1. The highest BCUT2D eigenvalue weighted by Gasteiger charge is 2.36. The van der Waals surface area contributed by atoms with Crippen molar-refractivity contribution in [3.8, 4) is 11.3 Å². The van der Waals surface area contributed by atoms with Gasteiger partial charge in [-0.1, -0.05) is 0 Å². The maximum absolute atomic E-state index is 13.3. The summed E-state index contributed by atoms with van der Waals surface area (Å²) in [6.45, 7) is 1.60. The van der Waals surface area contributed by atoms with E-state index in [4.69, 9.17) is 5.73 Å². The van der Waals surface area contributed by atoms with Crippen LogP contribution in [0.4, 0.5) is 19.1 Å². The van der Waals surface area contributed by atoms with Gasteiger partial charge in [0.1, 0.15) is 11.3 Å². The Balaban J connectivity index is 1.96. The van der Waals surface area contributed by atoms with Crippen LogP contribution in [0.5, 0.6) is 0 Å². The molecular weight excluding hydrogens is 337 g/mol. The molecule has 3 heterocycles. The third kappa shape index (κ3) is 3.90. The molecule has 1 aliphatic heterocycles. The molecule has 25 heavy (non-hydrogen) atoms. The number of H-pyrrole nitrogens is 1. The number of piperidine rings is 1. The van der Waals surface area contributed by atoms with Gasteiger partial charge in [-0.2, -0.15) is 13.2 Å². The van der Waals surface area contributed by atoms with Crippen molar-refractivity contribution < 1.29 is 18.0 Å². The summed E-state index contributed by atoms with van der Waals surface area (Å²) in [7, 11) is 0. The van der Waals surface area contributed by atoms with E-state index in [1.54, 1.807) is 0 Å². The van der Waals surface area contributed by atoms with E-state index >= 15 is 0 Å². The predicted octanol–water partition coefficient (Wildman–Crippen LogP) is 1.75. The number of anilines is 1. The number of nitrogens with zero attached hydrogens (tertiary/aromatic N) is 2. The van der Waals surface area contributed by atoms with E-state index in [0.717, 1.165) is 25.6 Å². The number of nitrogens with two attached hydrogens (primary N) is 1. The second-order valence-corrected chi connectivity index (χ2v) is 5.81. The minimum atomic E-state index is -4.62. The van der Waals surface area contributed by atoms with Gasteiger partial charge in [0.05, 0.1) is 5.69 Å². The first-order valence-electron chi connectivity index (χ1n) is 7.74. The van der Waals surface area contributed by atoms with Crippen LogP contribution in [0.1, 0.15) is 28.9 Å². The normalized spacial score (nSPS) is 18.1. The van der Waals surface area contributed by atoms with E-state index in [2.05, 4.69) is 25.6 Å². The van der Waals surface area contributed by atoms with Gasteiger partial charge in [-0.05, 0) is 25.5 Å². The molecule has 0 aromatic carbocycles. The number of rotatable bonds is 4. The number of hydrogen-bond donors (Lipinski definition) is 4. The molecule has 5 N–H and O–H groups in total. The minimum Gasteiger partial charge on any atom is -0.364 e. The predicted molar refractivity (Wildman–Crippen MR) is 84.9 cm³/mol. The largest absolute Gasteiger partial charge is 0.419 e. The summed E-state index contributed by atoms with van der Waals surface area (Å²) in [6, 6.07) is 1.29. The quantitative estimate of drug-likeness (QED) is 0.669. The number of nitrogens with one attached hydrogen (secondary N) is 3. The van der Waals surface area contributed by atoms with Gasteiger partial charge in [-0.3, -0.25) is 4.79 Å². The van der Waals surface area contributed by atoms with E-state index in [-0.39, 0.29) is 28.9 Å². The van der Waals surface area contributed by atoms with Crippen LogP contribution in [-0.2, 0) is 6.18 Å². The van der Waals surface area contributed by atoms with Crippen molar-refractivity contribution in [3.05, 3.63) is 29.7 Å². The number of carbonyl (C=O) groups is 1. The Kier molecular flexibility index (Phi) is 4.62. The molecule has 2 aromatic rings. The molecule has 1 atom stereocenters. The first kappa shape index (κ1) is 17.2. The fourth-order valence-electron chi connectivity index (χ4n) is 2.71. The lowest BCUT2D eigenvalue weighted by atomic mass is 10.1. The molecule has 0 spiro atoms. The van der Waals surface area contributed by atoms with Crippen molar-refractivity contribution in [1.29, 1.82) is 0 Å². The van der Waals surface area contributed by atoms with E-state index in [0.29, 0.717) is 6.54 Å². The van der Waals surface area contributed by atoms with Crippen molar-refractivity contribution in [2.75, 3.05) is 18.4 Å². The number of alkyl halides is 3. The first-order chi connectivity index (χ1) is 11.8. The molecule has 1 unspecified atom stereocenters. The summed E-state index contributed by atoms with van der Waals surface area (Å²) < 4.78 is 39.8. The van der Waals surface area contributed by atoms with Gasteiger partial charge in [0.15, 0.2) is 0 Å². The van der Waals surface area contributed by atoms with Crippen LogP contribution in [-0.4, -0.2) is 40.0 Å². The van der Waals surface area contributed by atoms with Crippen molar-refractivity contribution in [2.24, 2.45) is 5.73 Å². The van der Waals surface area contributed by atoms with Gasteiger partial charge >= 0.3 is 6.18 Å². The topological polar surface area (TPSA) is 109 Å². The Morgan fingerprint density at radius 1 is 1.40 bits per heavy atom. The van der Waals surface area contributed by atoms with Crippen molar-refractivity contribution in [3.63, 3.8) is 0 Å². The van der Waals surface area contributed by atoms with Crippen molar-refractivity contribution in [2.45, 2.75) is 25.1 Å². The summed E-state index contributed by atoms with van der Waals surface area (Å²) >= 11 is 0. The third-order valence-electron chi connectivity index (χ3n) is 3.95. The molecule has 1 amide bonds. The molecular formula is C15H17F3N6O. The molecule has 1 fully saturated rings. The molecule has 3 rings (SSSR count). The Morgan fingerprint density at radius 2 is 2.20 bits per heavy atom. The number of primary amides is 1. The Hall–Kier alpha value is -2.62. The summed E-state index contributed by atoms with van der Waals surface area (Å²) in [5.41, 5.74) is 3.98. The number of halogens is 3. The average Bonchev–Trinajstić information content (AvgIpc) is 3.05. The lowest BCUT2D eigenvalue weighted by Gasteiger charge is -2.24. The second kappa shape index (κ2) is 6.71. The maximum atomic E-state index is 13.3. The lowest BCUT2D eigenvalue weighted by molar-refractivity contribution is -0.137. The van der Waals surface area contributed by atoms with Crippen LogP contribution in [0, 0.1) is 0 Å².